The molecular formula is C19H28N2O2. The number of nitrogens with zero attached hydrogens (tertiary/aromatic N) is 2. The normalized spacial score (nSPS) is 20.4. The molecule has 2 aliphatic rings. The molecule has 1 aromatic rings. The Labute approximate surface area is 139 Å². The molecule has 4 nitrogen and oxygen atoms in total. The first-order valence-corrected chi connectivity index (χ1v) is 8.90. The van der Waals surface area contributed by atoms with Gasteiger partial charge in [-0.2, -0.15) is 0 Å². The van der Waals surface area contributed by atoms with Crippen molar-refractivity contribution < 1.29 is 9.53 Å². The summed E-state index contributed by atoms with van der Waals surface area (Å²) >= 11 is 0. The van der Waals surface area contributed by atoms with Crippen molar-refractivity contribution in [3.05, 3.63) is 35.4 Å². The molecule has 23 heavy (non-hydrogen) atoms. The Hall–Kier alpha value is -1.39. The monoisotopic (exact) mass is 316 g/mol. The van der Waals surface area contributed by atoms with Gasteiger partial charge in [-0.25, -0.2) is 0 Å². The molecule has 1 heterocycles. The molecule has 1 aliphatic carbocycles. The van der Waals surface area contributed by atoms with Gasteiger partial charge in [-0.05, 0) is 30.5 Å². The van der Waals surface area contributed by atoms with E-state index in [0.717, 1.165) is 51.3 Å². The van der Waals surface area contributed by atoms with E-state index in [2.05, 4.69) is 17.0 Å². The molecule has 0 unspecified atom stereocenters. The lowest BCUT2D eigenvalue weighted by molar-refractivity contribution is 0.0341. The van der Waals surface area contributed by atoms with Gasteiger partial charge in [0.25, 0.3) is 5.91 Å². The first-order valence-electron chi connectivity index (χ1n) is 8.90. The minimum absolute atomic E-state index is 0.167. The Bertz CT molecular complexity index is 520. The number of ether oxygens (including phenoxy) is 1. The maximum atomic E-state index is 12.8. The van der Waals surface area contributed by atoms with Crippen molar-refractivity contribution in [1.82, 2.24) is 9.80 Å². The number of morpholine rings is 1. The molecule has 4 heteroatoms. The van der Waals surface area contributed by atoms with E-state index in [9.17, 15) is 4.79 Å². The average Bonchev–Trinajstić information content (AvgIpc) is 2.62. The van der Waals surface area contributed by atoms with E-state index in [1.807, 2.05) is 24.1 Å². The van der Waals surface area contributed by atoms with E-state index in [4.69, 9.17) is 4.74 Å². The van der Waals surface area contributed by atoms with Crippen LogP contribution >= 0.6 is 0 Å². The van der Waals surface area contributed by atoms with E-state index >= 15 is 0 Å². The van der Waals surface area contributed by atoms with Gasteiger partial charge >= 0.3 is 0 Å². The number of rotatable bonds is 4. The van der Waals surface area contributed by atoms with Crippen molar-refractivity contribution in [3.8, 4) is 0 Å². The predicted octanol–water partition coefficient (Wildman–Crippen LogP) is 2.92. The number of hydrogen-bond donors (Lipinski definition) is 0. The van der Waals surface area contributed by atoms with Crippen LogP contribution in [0.15, 0.2) is 24.3 Å². The number of amides is 1. The van der Waals surface area contributed by atoms with Crippen molar-refractivity contribution in [2.75, 3.05) is 33.4 Å². The van der Waals surface area contributed by atoms with E-state index in [1.165, 1.54) is 24.8 Å². The zero-order valence-corrected chi connectivity index (χ0v) is 14.2. The second-order valence-electron chi connectivity index (χ2n) is 6.80. The highest BCUT2D eigenvalue weighted by atomic mass is 16.5. The molecule has 0 aromatic heterocycles. The number of carbonyl (C=O) groups excluding carboxylic acids is 1. The summed E-state index contributed by atoms with van der Waals surface area (Å²) < 4.78 is 5.40. The molecule has 0 N–H and O–H groups in total. The fourth-order valence-electron chi connectivity index (χ4n) is 3.66. The van der Waals surface area contributed by atoms with Crippen LogP contribution < -0.4 is 0 Å². The highest BCUT2D eigenvalue weighted by molar-refractivity contribution is 5.94. The molecule has 2 fully saturated rings. The van der Waals surface area contributed by atoms with E-state index in [0.29, 0.717) is 6.04 Å². The van der Waals surface area contributed by atoms with Crippen molar-refractivity contribution in [3.63, 3.8) is 0 Å². The van der Waals surface area contributed by atoms with Gasteiger partial charge in [-0.1, -0.05) is 31.4 Å². The third kappa shape index (κ3) is 4.33. The van der Waals surface area contributed by atoms with Crippen molar-refractivity contribution in [1.29, 1.82) is 0 Å². The van der Waals surface area contributed by atoms with Crippen LogP contribution in [0.2, 0.25) is 0 Å². The molecule has 126 valence electrons. The van der Waals surface area contributed by atoms with Crippen LogP contribution in [0.4, 0.5) is 0 Å². The molecule has 0 radical (unpaired) electrons. The van der Waals surface area contributed by atoms with Crippen molar-refractivity contribution in [2.24, 2.45) is 0 Å². The lowest BCUT2D eigenvalue weighted by atomic mass is 9.94. The zero-order chi connectivity index (χ0) is 16.1. The van der Waals surface area contributed by atoms with Crippen LogP contribution in [0.25, 0.3) is 0 Å². The van der Waals surface area contributed by atoms with Gasteiger partial charge in [-0.15, -0.1) is 0 Å². The Morgan fingerprint density at radius 3 is 2.70 bits per heavy atom. The highest BCUT2D eigenvalue weighted by Gasteiger charge is 2.23. The standard InChI is InChI=1S/C19H28N2O2/c1-20(18-8-3-2-4-9-18)19(22)17-7-5-6-16(14-17)15-21-10-12-23-13-11-21/h5-7,14,18H,2-4,8-13,15H2,1H3. The maximum absolute atomic E-state index is 12.8. The molecule has 1 aliphatic heterocycles. The van der Waals surface area contributed by atoms with Gasteiger partial charge in [0, 0.05) is 38.3 Å². The van der Waals surface area contributed by atoms with Crippen LogP contribution in [0.3, 0.4) is 0 Å². The first kappa shape index (κ1) is 16.5. The van der Waals surface area contributed by atoms with Gasteiger partial charge in [0.15, 0.2) is 0 Å². The molecule has 1 saturated carbocycles. The van der Waals surface area contributed by atoms with Crippen LogP contribution in [-0.4, -0.2) is 55.1 Å². The Kier molecular flexibility index (Phi) is 5.68. The summed E-state index contributed by atoms with van der Waals surface area (Å²) in [4.78, 5) is 17.1. The average molecular weight is 316 g/mol. The van der Waals surface area contributed by atoms with Gasteiger partial charge in [0.1, 0.15) is 0 Å². The molecule has 3 rings (SSSR count). The Morgan fingerprint density at radius 2 is 1.96 bits per heavy atom. The number of benzene rings is 1. The van der Waals surface area contributed by atoms with Crippen molar-refractivity contribution in [2.45, 2.75) is 44.7 Å². The topological polar surface area (TPSA) is 32.8 Å². The number of carbonyl (C=O) groups is 1. The van der Waals surface area contributed by atoms with Gasteiger partial charge in [-0.3, -0.25) is 9.69 Å². The van der Waals surface area contributed by atoms with E-state index < -0.39 is 0 Å². The summed E-state index contributed by atoms with van der Waals surface area (Å²) in [6.45, 7) is 4.46. The summed E-state index contributed by atoms with van der Waals surface area (Å²) in [7, 11) is 1.97. The molecule has 0 bridgehead atoms. The number of hydrogen-bond acceptors (Lipinski definition) is 3. The molecule has 1 aromatic carbocycles. The zero-order valence-electron chi connectivity index (χ0n) is 14.2. The predicted molar refractivity (Wildman–Crippen MR) is 91.5 cm³/mol. The third-order valence-corrected chi connectivity index (χ3v) is 5.13. The molecule has 0 atom stereocenters. The van der Waals surface area contributed by atoms with Crippen LogP contribution in [0.5, 0.6) is 0 Å². The van der Waals surface area contributed by atoms with Gasteiger partial charge in [0.2, 0.25) is 0 Å². The minimum Gasteiger partial charge on any atom is -0.379 e. The maximum Gasteiger partial charge on any atom is 0.253 e. The molecule has 0 spiro atoms. The third-order valence-electron chi connectivity index (χ3n) is 5.13. The quantitative estimate of drug-likeness (QED) is 0.856. The Balaban J connectivity index is 1.64. The second-order valence-corrected chi connectivity index (χ2v) is 6.80. The van der Waals surface area contributed by atoms with Crippen LogP contribution in [0.1, 0.15) is 48.0 Å². The van der Waals surface area contributed by atoms with E-state index in [1.54, 1.807) is 0 Å². The largest absolute Gasteiger partial charge is 0.379 e. The summed E-state index contributed by atoms with van der Waals surface area (Å²) in [6.07, 6.45) is 6.11. The summed E-state index contributed by atoms with van der Waals surface area (Å²) in [5.74, 6) is 0.167. The fraction of sp³-hybridized carbons (Fsp3) is 0.632. The minimum atomic E-state index is 0.167. The molecule has 1 amide bonds. The first-order chi connectivity index (χ1) is 11.2. The van der Waals surface area contributed by atoms with Crippen LogP contribution in [-0.2, 0) is 11.3 Å². The van der Waals surface area contributed by atoms with Gasteiger partial charge < -0.3 is 9.64 Å². The SMILES string of the molecule is CN(C(=O)c1cccc(CN2CCOCC2)c1)C1CCCCC1. The summed E-state index contributed by atoms with van der Waals surface area (Å²) in [5, 5.41) is 0. The molecule has 1 saturated heterocycles. The lowest BCUT2D eigenvalue weighted by Gasteiger charge is -2.31. The summed E-state index contributed by atoms with van der Waals surface area (Å²) in [6, 6.07) is 8.56. The van der Waals surface area contributed by atoms with E-state index in [-0.39, 0.29) is 5.91 Å². The van der Waals surface area contributed by atoms with Crippen LogP contribution in [0, 0.1) is 0 Å². The smallest absolute Gasteiger partial charge is 0.253 e. The second kappa shape index (κ2) is 7.93. The Morgan fingerprint density at radius 1 is 1.22 bits per heavy atom. The van der Waals surface area contributed by atoms with Gasteiger partial charge in [0.05, 0.1) is 13.2 Å². The highest BCUT2D eigenvalue weighted by Crippen LogP contribution is 2.23. The molecular weight excluding hydrogens is 288 g/mol. The lowest BCUT2D eigenvalue weighted by Crippen LogP contribution is -2.38. The van der Waals surface area contributed by atoms with Crippen molar-refractivity contribution >= 4 is 5.91 Å². The fourth-order valence-corrected chi connectivity index (χ4v) is 3.66. The summed E-state index contributed by atoms with van der Waals surface area (Å²) in [5.41, 5.74) is 2.04.